The monoisotopic (exact) mass is 898 g/mol. The van der Waals surface area contributed by atoms with Crippen LogP contribution >= 0.6 is 0 Å². The molecule has 2 saturated heterocycles. The van der Waals surface area contributed by atoms with Crippen molar-refractivity contribution in [1.82, 2.24) is 4.90 Å². The number of piperidine rings is 1. The SMILES string of the molecule is CCC1/C=C(\C)CC(C)CC(OC)C2OC(O)(C(=O)C(=O)N3CCCCC3C(=O)OC(C(C)=CC3CCC(OCC(O)c4ccccc4)C(O)C3)C(C)C(O)CC1=O)C(C)CC2OC. The predicted octanol–water partition coefficient (Wildman–Crippen LogP) is 5.58. The fraction of sp³-hybridized carbons (Fsp3) is 0.720. The van der Waals surface area contributed by atoms with Crippen molar-refractivity contribution < 1.29 is 63.3 Å². The molecular weight excluding hydrogens is 823 g/mol. The summed E-state index contributed by atoms with van der Waals surface area (Å²) in [5.74, 6) is -7.89. The van der Waals surface area contributed by atoms with E-state index in [2.05, 4.69) is 0 Å². The molecule has 14 nitrogen and oxygen atoms in total. The normalized spacial score (nSPS) is 38.3. The molecule has 3 fully saturated rings. The molecule has 1 amide bonds. The minimum atomic E-state index is -2.53. The van der Waals surface area contributed by atoms with Crippen LogP contribution in [0.3, 0.4) is 0 Å². The number of carbonyl (C=O) groups excluding carboxylic acids is 4. The minimum Gasteiger partial charge on any atom is -0.456 e. The van der Waals surface area contributed by atoms with Gasteiger partial charge in [0, 0.05) is 44.9 Å². The van der Waals surface area contributed by atoms with Crippen molar-refractivity contribution in [2.24, 2.45) is 29.6 Å². The van der Waals surface area contributed by atoms with Gasteiger partial charge in [-0.05, 0) is 101 Å². The molecule has 0 spiro atoms. The molecule has 15 atom stereocenters. The molecule has 0 radical (unpaired) electrons. The Kier molecular flexibility index (Phi) is 18.9. The number of hydrogen-bond donors (Lipinski definition) is 4. The molecule has 0 aromatic heterocycles. The average molecular weight is 898 g/mol. The molecule has 15 unspecified atom stereocenters. The second-order valence-corrected chi connectivity index (χ2v) is 19.2. The summed E-state index contributed by atoms with van der Waals surface area (Å²) in [7, 11) is 3.05. The van der Waals surface area contributed by atoms with E-state index in [0.717, 1.165) is 11.1 Å². The number of Topliss-reactive ketones (excluding diaryl/α,β-unsaturated/α-hetero) is 2. The molecular formula is C50H75NO13. The Balaban J connectivity index is 1.44. The fourth-order valence-electron chi connectivity index (χ4n) is 10.3. The van der Waals surface area contributed by atoms with Gasteiger partial charge in [0.2, 0.25) is 5.79 Å². The molecule has 1 aliphatic carbocycles. The molecule has 1 saturated carbocycles. The summed E-state index contributed by atoms with van der Waals surface area (Å²) in [4.78, 5) is 58.1. The minimum absolute atomic E-state index is 0.0171. The second-order valence-electron chi connectivity index (χ2n) is 19.2. The Morgan fingerprint density at radius 3 is 2.27 bits per heavy atom. The number of aliphatic hydroxyl groups excluding tert-OH is 3. The van der Waals surface area contributed by atoms with Crippen LogP contribution < -0.4 is 0 Å². The number of ether oxygens (including phenoxy) is 5. The lowest BCUT2D eigenvalue weighted by Crippen LogP contribution is -2.64. The largest absolute Gasteiger partial charge is 0.456 e. The number of hydrogen-bond acceptors (Lipinski definition) is 13. The van der Waals surface area contributed by atoms with E-state index in [1.807, 2.05) is 63.3 Å². The van der Waals surface area contributed by atoms with Gasteiger partial charge in [0.1, 0.15) is 30.1 Å². The number of benzene rings is 1. The molecule has 2 bridgehead atoms. The number of rotatable bonds is 9. The highest BCUT2D eigenvalue weighted by molar-refractivity contribution is 6.39. The second kappa shape index (κ2) is 23.4. The van der Waals surface area contributed by atoms with Crippen molar-refractivity contribution in [2.75, 3.05) is 27.4 Å². The van der Waals surface area contributed by atoms with E-state index in [0.29, 0.717) is 56.9 Å². The molecule has 4 aliphatic rings. The van der Waals surface area contributed by atoms with Gasteiger partial charge in [0.15, 0.2) is 0 Å². The summed E-state index contributed by atoms with van der Waals surface area (Å²) in [6.45, 7) is 11.2. The summed E-state index contributed by atoms with van der Waals surface area (Å²) < 4.78 is 30.3. The summed E-state index contributed by atoms with van der Waals surface area (Å²) in [5.41, 5.74) is 2.31. The first kappa shape index (κ1) is 51.6. The number of cyclic esters (lactones) is 1. The molecule has 3 heterocycles. The Morgan fingerprint density at radius 1 is 0.922 bits per heavy atom. The zero-order valence-electron chi connectivity index (χ0n) is 39.2. The molecule has 5 rings (SSSR count). The number of nitrogens with zero attached hydrogens (tertiary/aromatic N) is 1. The molecule has 358 valence electrons. The Bertz CT molecular complexity index is 1780. The molecule has 3 aliphatic heterocycles. The Morgan fingerprint density at radius 2 is 1.61 bits per heavy atom. The van der Waals surface area contributed by atoms with Gasteiger partial charge in [0.05, 0.1) is 37.1 Å². The van der Waals surface area contributed by atoms with Crippen LogP contribution in [-0.4, -0.2) is 131 Å². The molecule has 64 heavy (non-hydrogen) atoms. The number of ketones is 2. The number of esters is 1. The third-order valence-corrected chi connectivity index (χ3v) is 14.2. The van der Waals surface area contributed by atoms with Crippen LogP contribution in [-0.2, 0) is 42.9 Å². The number of aliphatic hydroxyl groups is 4. The van der Waals surface area contributed by atoms with Crippen molar-refractivity contribution in [1.29, 1.82) is 0 Å². The predicted molar refractivity (Wildman–Crippen MR) is 238 cm³/mol. The first-order valence-electron chi connectivity index (χ1n) is 23.5. The van der Waals surface area contributed by atoms with Gasteiger partial charge in [-0.25, -0.2) is 4.79 Å². The van der Waals surface area contributed by atoms with Gasteiger partial charge < -0.3 is 49.0 Å². The maximum absolute atomic E-state index is 14.4. The standard InChI is InChI=1S/C50H75NO13/c1-9-35-22-29(2)21-30(3)23-43(60-7)46-44(61-8)25-32(5)50(59,64-46)47(56)48(57)51-20-14-13-17-37(51)49(58)63-45(33(6)38(52)27-39(35)53)31(4)24-34-18-19-42(40(54)26-34)62-28-41(55)36-15-11-10-12-16-36/h10-12,15-16,22,24,30,32-35,37-38,40-46,52,54-55,59H,9,13-14,17-21,23,25-28H2,1-8H3/b29-22+,31-24?. The molecule has 4 N–H and O–H groups in total. The van der Waals surface area contributed by atoms with Crippen LogP contribution in [0.15, 0.2) is 53.6 Å². The third kappa shape index (κ3) is 12.5. The van der Waals surface area contributed by atoms with E-state index < -0.39 is 96.1 Å². The van der Waals surface area contributed by atoms with E-state index in [1.165, 1.54) is 19.1 Å². The molecule has 1 aromatic rings. The van der Waals surface area contributed by atoms with Crippen LogP contribution in [0.5, 0.6) is 0 Å². The average Bonchev–Trinajstić information content (AvgIpc) is 3.28. The van der Waals surface area contributed by atoms with E-state index in [-0.39, 0.29) is 50.0 Å². The number of carbonyl (C=O) groups is 4. The highest BCUT2D eigenvalue weighted by Crippen LogP contribution is 2.39. The quantitative estimate of drug-likeness (QED) is 0.136. The zero-order valence-corrected chi connectivity index (χ0v) is 39.2. The van der Waals surface area contributed by atoms with Crippen molar-refractivity contribution in [3.63, 3.8) is 0 Å². The lowest BCUT2D eigenvalue weighted by atomic mass is 9.81. The van der Waals surface area contributed by atoms with Crippen molar-refractivity contribution in [3.8, 4) is 0 Å². The van der Waals surface area contributed by atoms with Crippen molar-refractivity contribution in [3.05, 3.63) is 59.2 Å². The van der Waals surface area contributed by atoms with E-state index >= 15 is 0 Å². The highest BCUT2D eigenvalue weighted by Gasteiger charge is 2.56. The first-order valence-corrected chi connectivity index (χ1v) is 23.5. The highest BCUT2D eigenvalue weighted by atomic mass is 16.7. The molecule has 14 heteroatoms. The Labute approximate surface area is 379 Å². The van der Waals surface area contributed by atoms with Gasteiger partial charge in [-0.2, -0.15) is 0 Å². The van der Waals surface area contributed by atoms with Gasteiger partial charge in [-0.15, -0.1) is 0 Å². The van der Waals surface area contributed by atoms with E-state index in [9.17, 15) is 39.6 Å². The van der Waals surface area contributed by atoms with E-state index in [1.54, 1.807) is 20.8 Å². The van der Waals surface area contributed by atoms with Gasteiger partial charge in [0.25, 0.3) is 11.7 Å². The van der Waals surface area contributed by atoms with E-state index in [4.69, 9.17) is 23.7 Å². The number of methoxy groups -OCH3 is 2. The van der Waals surface area contributed by atoms with Gasteiger partial charge in [-0.1, -0.05) is 75.8 Å². The maximum Gasteiger partial charge on any atom is 0.329 e. The van der Waals surface area contributed by atoms with Crippen LogP contribution in [0.4, 0.5) is 0 Å². The summed E-state index contributed by atoms with van der Waals surface area (Å²) in [5, 5.41) is 45.7. The van der Waals surface area contributed by atoms with Crippen LogP contribution in [0.2, 0.25) is 0 Å². The smallest absolute Gasteiger partial charge is 0.329 e. The fourth-order valence-corrected chi connectivity index (χ4v) is 10.3. The summed E-state index contributed by atoms with van der Waals surface area (Å²) in [6.07, 6.45) is 1.80. The van der Waals surface area contributed by atoms with Crippen LogP contribution in [0.1, 0.15) is 124 Å². The lowest BCUT2D eigenvalue weighted by molar-refractivity contribution is -0.302. The first-order chi connectivity index (χ1) is 30.4. The Hall–Kier alpha value is -3.34. The number of allylic oxidation sites excluding steroid dienone is 3. The lowest BCUT2D eigenvalue weighted by Gasteiger charge is -2.47. The van der Waals surface area contributed by atoms with Crippen LogP contribution in [0.25, 0.3) is 0 Å². The summed E-state index contributed by atoms with van der Waals surface area (Å²) in [6, 6.07) is 8.01. The number of fused-ring (bicyclic) bond motifs is 3. The summed E-state index contributed by atoms with van der Waals surface area (Å²) >= 11 is 0. The van der Waals surface area contributed by atoms with Crippen molar-refractivity contribution >= 4 is 23.4 Å². The molecule has 1 aromatic carbocycles. The third-order valence-electron chi connectivity index (χ3n) is 14.2. The zero-order chi connectivity index (χ0) is 46.9. The van der Waals surface area contributed by atoms with Crippen LogP contribution in [0, 0.1) is 29.6 Å². The van der Waals surface area contributed by atoms with Gasteiger partial charge in [-0.3, -0.25) is 14.4 Å². The van der Waals surface area contributed by atoms with Crippen molar-refractivity contribution in [2.45, 2.75) is 173 Å². The maximum atomic E-state index is 14.4. The number of amides is 1. The topological polar surface area (TPSA) is 199 Å². The van der Waals surface area contributed by atoms with Gasteiger partial charge >= 0.3 is 5.97 Å².